The van der Waals surface area contributed by atoms with Crippen LogP contribution in [0.15, 0.2) is 18.2 Å². The molecule has 3 atom stereocenters. The van der Waals surface area contributed by atoms with Crippen molar-refractivity contribution in [1.29, 1.82) is 0 Å². The number of nitrogens with zero attached hydrogens (tertiary/aromatic N) is 2. The summed E-state index contributed by atoms with van der Waals surface area (Å²) in [6, 6.07) is 5.72. The maximum absolute atomic E-state index is 12.4. The normalized spacial score (nSPS) is 27.7. The summed E-state index contributed by atoms with van der Waals surface area (Å²) in [6.45, 7) is 2.08. The Labute approximate surface area is 145 Å². The highest BCUT2D eigenvalue weighted by Gasteiger charge is 2.47. The van der Waals surface area contributed by atoms with Gasteiger partial charge in [-0.15, -0.1) is 0 Å². The number of ketones is 1. The number of benzene rings is 1. The molecular weight excluding hydrogens is 318 g/mol. The number of nitrogens with one attached hydrogen (secondary N) is 1. The second kappa shape index (κ2) is 5.66. The minimum Gasteiger partial charge on any atom is -0.376 e. The molecule has 130 valence electrons. The summed E-state index contributed by atoms with van der Waals surface area (Å²) >= 11 is 0. The number of aryl methyl sites for hydroxylation is 1. The van der Waals surface area contributed by atoms with E-state index in [-0.39, 0.29) is 29.6 Å². The summed E-state index contributed by atoms with van der Waals surface area (Å²) in [4.78, 5) is 29.3. The van der Waals surface area contributed by atoms with Gasteiger partial charge in [-0.05, 0) is 31.4 Å². The second-order valence-corrected chi connectivity index (χ2v) is 7.30. The van der Waals surface area contributed by atoms with Gasteiger partial charge in [0.25, 0.3) is 0 Å². The molecule has 3 heterocycles. The SMILES string of the molecule is O=C1CCn2c(C3CC3C(=O)NCC3CCCO3)nc3cccc1c32. The van der Waals surface area contributed by atoms with E-state index in [0.717, 1.165) is 48.3 Å². The Morgan fingerprint density at radius 1 is 1.40 bits per heavy atom. The van der Waals surface area contributed by atoms with Crippen molar-refractivity contribution in [3.63, 3.8) is 0 Å². The van der Waals surface area contributed by atoms with Crippen LogP contribution in [-0.4, -0.2) is 40.5 Å². The lowest BCUT2D eigenvalue weighted by atomic mass is 10.0. The van der Waals surface area contributed by atoms with Gasteiger partial charge in [0.1, 0.15) is 5.82 Å². The number of amides is 1. The highest BCUT2D eigenvalue weighted by Crippen LogP contribution is 2.48. The molecule has 1 saturated carbocycles. The quantitative estimate of drug-likeness (QED) is 0.925. The number of Topliss-reactive ketones (excluding diaryl/α,β-unsaturated/α-hetero) is 1. The van der Waals surface area contributed by atoms with Gasteiger partial charge >= 0.3 is 0 Å². The Morgan fingerprint density at radius 3 is 3.16 bits per heavy atom. The van der Waals surface area contributed by atoms with Crippen molar-refractivity contribution < 1.29 is 14.3 Å². The molecule has 6 heteroatoms. The lowest BCUT2D eigenvalue weighted by molar-refractivity contribution is -0.122. The van der Waals surface area contributed by atoms with E-state index in [4.69, 9.17) is 9.72 Å². The minimum absolute atomic E-state index is 0.00413. The fraction of sp³-hybridized carbons (Fsp3) is 0.526. The molecule has 1 saturated heterocycles. The van der Waals surface area contributed by atoms with Gasteiger partial charge < -0.3 is 14.6 Å². The molecule has 5 rings (SSSR count). The molecule has 1 aromatic carbocycles. The first kappa shape index (κ1) is 15.1. The number of rotatable bonds is 4. The van der Waals surface area contributed by atoms with Crippen LogP contribution >= 0.6 is 0 Å². The zero-order valence-corrected chi connectivity index (χ0v) is 14.0. The maximum atomic E-state index is 12.4. The molecule has 3 unspecified atom stereocenters. The van der Waals surface area contributed by atoms with Crippen LogP contribution < -0.4 is 5.32 Å². The van der Waals surface area contributed by atoms with Crippen molar-refractivity contribution in [2.75, 3.05) is 13.2 Å². The molecule has 0 spiro atoms. The first-order valence-electron chi connectivity index (χ1n) is 9.14. The number of carbonyl (C=O) groups is 2. The molecular formula is C19H21N3O3. The van der Waals surface area contributed by atoms with E-state index in [1.165, 1.54) is 0 Å². The van der Waals surface area contributed by atoms with Gasteiger partial charge in [0.2, 0.25) is 5.91 Å². The molecule has 6 nitrogen and oxygen atoms in total. The number of aromatic nitrogens is 2. The predicted octanol–water partition coefficient (Wildman–Crippen LogP) is 2.02. The molecule has 1 N–H and O–H groups in total. The van der Waals surface area contributed by atoms with Crippen LogP contribution in [0.25, 0.3) is 11.0 Å². The second-order valence-electron chi connectivity index (χ2n) is 7.30. The lowest BCUT2D eigenvalue weighted by Crippen LogP contribution is -2.33. The highest BCUT2D eigenvalue weighted by molar-refractivity contribution is 6.07. The molecule has 1 aliphatic carbocycles. The van der Waals surface area contributed by atoms with E-state index >= 15 is 0 Å². The smallest absolute Gasteiger partial charge is 0.223 e. The summed E-state index contributed by atoms with van der Waals surface area (Å²) in [6.07, 6.45) is 3.63. The first-order valence-corrected chi connectivity index (χ1v) is 9.14. The molecule has 1 amide bonds. The Balaban J connectivity index is 1.35. The number of carbonyl (C=O) groups excluding carboxylic acids is 2. The van der Waals surface area contributed by atoms with E-state index in [9.17, 15) is 9.59 Å². The molecule has 0 bridgehead atoms. The van der Waals surface area contributed by atoms with Gasteiger partial charge in [0.05, 0.1) is 17.1 Å². The van der Waals surface area contributed by atoms with Crippen LogP contribution in [0.1, 0.15) is 47.8 Å². The summed E-state index contributed by atoms with van der Waals surface area (Å²) in [5.74, 6) is 1.42. The predicted molar refractivity (Wildman–Crippen MR) is 91.5 cm³/mol. The Kier molecular flexibility index (Phi) is 3.41. The Hall–Kier alpha value is -2.21. The first-order chi connectivity index (χ1) is 12.2. The highest BCUT2D eigenvalue weighted by atomic mass is 16.5. The monoisotopic (exact) mass is 339 g/mol. The van der Waals surface area contributed by atoms with Crippen LogP contribution in [0, 0.1) is 5.92 Å². The van der Waals surface area contributed by atoms with Crippen molar-refractivity contribution in [2.45, 2.75) is 44.2 Å². The molecule has 0 radical (unpaired) electrons. The fourth-order valence-corrected chi connectivity index (χ4v) is 4.21. The topological polar surface area (TPSA) is 73.2 Å². The van der Waals surface area contributed by atoms with Gasteiger partial charge in [-0.1, -0.05) is 6.07 Å². The molecule has 2 fully saturated rings. The molecule has 2 aromatic rings. The zero-order valence-electron chi connectivity index (χ0n) is 14.0. The van der Waals surface area contributed by atoms with Crippen LogP contribution in [0.3, 0.4) is 0 Å². The summed E-state index contributed by atoms with van der Waals surface area (Å²) in [5.41, 5.74) is 2.58. The Morgan fingerprint density at radius 2 is 2.32 bits per heavy atom. The van der Waals surface area contributed by atoms with Crippen molar-refractivity contribution in [3.05, 3.63) is 29.6 Å². The lowest BCUT2D eigenvalue weighted by Gasteiger charge is -2.16. The minimum atomic E-state index is -0.00413. The fourth-order valence-electron chi connectivity index (χ4n) is 4.21. The van der Waals surface area contributed by atoms with Gasteiger partial charge in [-0.3, -0.25) is 9.59 Å². The number of hydrogen-bond acceptors (Lipinski definition) is 4. The van der Waals surface area contributed by atoms with E-state index in [1.54, 1.807) is 0 Å². The zero-order chi connectivity index (χ0) is 17.0. The van der Waals surface area contributed by atoms with E-state index in [1.807, 2.05) is 18.2 Å². The number of hydrogen-bond donors (Lipinski definition) is 1. The van der Waals surface area contributed by atoms with Crippen LogP contribution in [0.5, 0.6) is 0 Å². The van der Waals surface area contributed by atoms with Crippen molar-refractivity contribution >= 4 is 22.7 Å². The average molecular weight is 339 g/mol. The van der Waals surface area contributed by atoms with Crippen molar-refractivity contribution in [2.24, 2.45) is 5.92 Å². The molecule has 25 heavy (non-hydrogen) atoms. The van der Waals surface area contributed by atoms with E-state index in [2.05, 4.69) is 9.88 Å². The summed E-state index contributed by atoms with van der Waals surface area (Å²) in [7, 11) is 0. The summed E-state index contributed by atoms with van der Waals surface area (Å²) in [5, 5.41) is 3.03. The molecule has 2 aliphatic heterocycles. The third-order valence-corrected chi connectivity index (χ3v) is 5.65. The van der Waals surface area contributed by atoms with Crippen LogP contribution in [0.2, 0.25) is 0 Å². The number of imidazole rings is 1. The van der Waals surface area contributed by atoms with Crippen molar-refractivity contribution in [1.82, 2.24) is 14.9 Å². The number of ether oxygens (including phenoxy) is 1. The largest absolute Gasteiger partial charge is 0.376 e. The Bertz CT molecular complexity index is 866. The maximum Gasteiger partial charge on any atom is 0.223 e. The molecule has 3 aliphatic rings. The van der Waals surface area contributed by atoms with E-state index in [0.29, 0.717) is 19.5 Å². The van der Waals surface area contributed by atoms with Crippen molar-refractivity contribution in [3.8, 4) is 0 Å². The molecule has 1 aromatic heterocycles. The number of para-hydroxylation sites is 1. The summed E-state index contributed by atoms with van der Waals surface area (Å²) < 4.78 is 7.72. The van der Waals surface area contributed by atoms with Gasteiger partial charge in [-0.2, -0.15) is 0 Å². The van der Waals surface area contributed by atoms with Gasteiger partial charge in [0.15, 0.2) is 5.78 Å². The van der Waals surface area contributed by atoms with E-state index < -0.39 is 0 Å². The average Bonchev–Trinajstić information content (AvgIpc) is 3.07. The third kappa shape index (κ3) is 2.47. The third-order valence-electron chi connectivity index (χ3n) is 5.65. The van der Waals surface area contributed by atoms with Crippen LogP contribution in [0.4, 0.5) is 0 Å². The van der Waals surface area contributed by atoms with Gasteiger partial charge in [0, 0.05) is 43.5 Å². The standard InChI is InChI=1S/C19H21N3O3/c23-16-6-7-22-17-12(16)4-1-5-15(17)21-18(22)13-9-14(13)19(24)20-10-11-3-2-8-25-11/h1,4-5,11,13-14H,2-3,6-10H2,(H,20,24). The van der Waals surface area contributed by atoms with Crippen LogP contribution in [-0.2, 0) is 16.1 Å². The van der Waals surface area contributed by atoms with Gasteiger partial charge in [-0.25, -0.2) is 4.98 Å².